The van der Waals surface area contributed by atoms with Crippen molar-refractivity contribution in [2.24, 2.45) is 0 Å². The van der Waals surface area contributed by atoms with Crippen LogP contribution in [0.15, 0.2) is 18.2 Å². The normalized spacial score (nSPS) is 13.0. The highest BCUT2D eigenvalue weighted by Gasteiger charge is 2.31. The van der Waals surface area contributed by atoms with Crippen LogP contribution in [-0.4, -0.2) is 29.7 Å². The SMILES string of the molecule is CC(C)S(=O)(=O)C(C)C(=O)Nc1ccc(F)cc1[N+](=O)[O-]. The number of halogens is 1. The molecule has 0 saturated carbocycles. The van der Waals surface area contributed by atoms with Crippen LogP contribution in [0.5, 0.6) is 0 Å². The van der Waals surface area contributed by atoms with Crippen molar-refractivity contribution in [3.8, 4) is 0 Å². The third-order valence-corrected chi connectivity index (χ3v) is 5.45. The summed E-state index contributed by atoms with van der Waals surface area (Å²) in [7, 11) is -3.69. The summed E-state index contributed by atoms with van der Waals surface area (Å²) in [5.41, 5.74) is -0.894. The van der Waals surface area contributed by atoms with Gasteiger partial charge >= 0.3 is 0 Å². The van der Waals surface area contributed by atoms with Gasteiger partial charge in [0.15, 0.2) is 9.84 Å². The van der Waals surface area contributed by atoms with Gasteiger partial charge in [-0.2, -0.15) is 0 Å². The zero-order valence-electron chi connectivity index (χ0n) is 11.7. The molecule has 1 aromatic carbocycles. The highest BCUT2D eigenvalue weighted by Crippen LogP contribution is 2.25. The number of carbonyl (C=O) groups is 1. The lowest BCUT2D eigenvalue weighted by atomic mass is 10.2. The first-order valence-electron chi connectivity index (χ1n) is 6.05. The molecule has 7 nitrogen and oxygen atoms in total. The fraction of sp³-hybridized carbons (Fsp3) is 0.417. The van der Waals surface area contributed by atoms with E-state index in [4.69, 9.17) is 0 Å². The van der Waals surface area contributed by atoms with Gasteiger partial charge in [0.2, 0.25) is 5.91 Å². The van der Waals surface area contributed by atoms with Crippen LogP contribution in [0.3, 0.4) is 0 Å². The molecule has 1 unspecified atom stereocenters. The minimum absolute atomic E-state index is 0.253. The van der Waals surface area contributed by atoms with E-state index in [0.717, 1.165) is 12.1 Å². The first kappa shape index (κ1) is 17.0. The Labute approximate surface area is 121 Å². The van der Waals surface area contributed by atoms with E-state index >= 15 is 0 Å². The molecule has 0 aliphatic rings. The molecule has 0 fully saturated rings. The summed E-state index contributed by atoms with van der Waals surface area (Å²) in [5, 5.41) is 10.8. The molecule has 1 aromatic rings. The maximum absolute atomic E-state index is 13.0. The Morgan fingerprint density at radius 3 is 2.38 bits per heavy atom. The molecule has 0 aliphatic heterocycles. The van der Waals surface area contributed by atoms with E-state index in [9.17, 15) is 27.7 Å². The number of nitrogens with one attached hydrogen (secondary N) is 1. The van der Waals surface area contributed by atoms with E-state index in [-0.39, 0.29) is 5.69 Å². The second-order valence-corrected chi connectivity index (χ2v) is 7.52. The summed E-state index contributed by atoms with van der Waals surface area (Å²) in [6.07, 6.45) is 0. The number of hydrogen-bond donors (Lipinski definition) is 1. The zero-order chi connectivity index (χ0) is 16.4. The van der Waals surface area contributed by atoms with Gasteiger partial charge in [-0.15, -0.1) is 0 Å². The summed E-state index contributed by atoms with van der Waals surface area (Å²) < 4.78 is 36.7. The summed E-state index contributed by atoms with van der Waals surface area (Å²) in [6, 6.07) is 2.60. The van der Waals surface area contributed by atoms with E-state index < -0.39 is 42.7 Å². The zero-order valence-corrected chi connectivity index (χ0v) is 12.5. The molecule has 0 radical (unpaired) electrons. The average Bonchev–Trinajstić information content (AvgIpc) is 2.39. The number of hydrogen-bond acceptors (Lipinski definition) is 5. The molecular formula is C12H15FN2O5S. The van der Waals surface area contributed by atoms with Gasteiger partial charge in [-0.1, -0.05) is 0 Å². The minimum atomic E-state index is -3.69. The van der Waals surface area contributed by atoms with E-state index in [1.54, 1.807) is 0 Å². The molecule has 1 rings (SSSR count). The monoisotopic (exact) mass is 318 g/mol. The molecule has 9 heteroatoms. The summed E-state index contributed by atoms with van der Waals surface area (Å²) in [5.74, 6) is -1.74. The summed E-state index contributed by atoms with van der Waals surface area (Å²) >= 11 is 0. The van der Waals surface area contributed by atoms with Crippen LogP contribution in [0.1, 0.15) is 20.8 Å². The number of amides is 1. The Hall–Kier alpha value is -2.03. The van der Waals surface area contributed by atoms with Gasteiger partial charge in [0, 0.05) is 0 Å². The minimum Gasteiger partial charge on any atom is -0.319 e. The highest BCUT2D eigenvalue weighted by atomic mass is 32.2. The number of benzene rings is 1. The van der Waals surface area contributed by atoms with Gasteiger partial charge in [-0.25, -0.2) is 12.8 Å². The highest BCUT2D eigenvalue weighted by molar-refractivity contribution is 7.93. The molecule has 0 heterocycles. The predicted octanol–water partition coefficient (Wildman–Crippen LogP) is 1.88. The molecule has 1 amide bonds. The van der Waals surface area contributed by atoms with Crippen LogP contribution >= 0.6 is 0 Å². The van der Waals surface area contributed by atoms with Crippen molar-refractivity contribution in [1.82, 2.24) is 0 Å². The molecular weight excluding hydrogens is 303 g/mol. The molecule has 116 valence electrons. The van der Waals surface area contributed by atoms with Gasteiger partial charge in [0.1, 0.15) is 16.8 Å². The Balaban J connectivity index is 3.07. The smallest absolute Gasteiger partial charge is 0.295 e. The van der Waals surface area contributed by atoms with E-state index in [2.05, 4.69) is 5.32 Å². The largest absolute Gasteiger partial charge is 0.319 e. The van der Waals surface area contributed by atoms with E-state index in [1.807, 2.05) is 0 Å². The number of nitrogens with zero attached hydrogens (tertiary/aromatic N) is 1. The fourth-order valence-corrected chi connectivity index (χ4v) is 2.73. The molecule has 0 spiro atoms. The van der Waals surface area contributed by atoms with Gasteiger partial charge in [-0.3, -0.25) is 14.9 Å². The second-order valence-electron chi connectivity index (χ2n) is 4.69. The van der Waals surface area contributed by atoms with Gasteiger partial charge in [0.05, 0.1) is 16.2 Å². The Kier molecular flexibility index (Phi) is 5.00. The number of anilines is 1. The van der Waals surface area contributed by atoms with Crippen LogP contribution < -0.4 is 5.32 Å². The van der Waals surface area contributed by atoms with Gasteiger partial charge < -0.3 is 5.32 Å². The summed E-state index contributed by atoms with van der Waals surface area (Å²) in [6.45, 7) is 4.05. The number of rotatable bonds is 5. The first-order chi connectivity index (χ1) is 9.57. The molecule has 21 heavy (non-hydrogen) atoms. The average molecular weight is 318 g/mol. The van der Waals surface area contributed by atoms with Crippen molar-refractivity contribution in [2.45, 2.75) is 31.3 Å². The maximum Gasteiger partial charge on any atom is 0.295 e. The molecule has 0 aliphatic carbocycles. The van der Waals surface area contributed by atoms with Crippen LogP contribution in [-0.2, 0) is 14.6 Å². The van der Waals surface area contributed by atoms with Crippen molar-refractivity contribution in [3.05, 3.63) is 34.1 Å². The molecule has 0 aromatic heterocycles. The topological polar surface area (TPSA) is 106 Å². The molecule has 0 bridgehead atoms. The lowest BCUT2D eigenvalue weighted by molar-refractivity contribution is -0.384. The lowest BCUT2D eigenvalue weighted by Gasteiger charge is -2.15. The quantitative estimate of drug-likeness (QED) is 0.659. The Bertz CT molecular complexity index is 672. The lowest BCUT2D eigenvalue weighted by Crippen LogP contribution is -2.36. The van der Waals surface area contributed by atoms with Gasteiger partial charge in [0.25, 0.3) is 5.69 Å². The van der Waals surface area contributed by atoms with Crippen molar-refractivity contribution >= 4 is 27.1 Å². The second kappa shape index (κ2) is 6.17. The predicted molar refractivity (Wildman–Crippen MR) is 75.2 cm³/mol. The molecule has 1 atom stereocenters. The van der Waals surface area contributed by atoms with Gasteiger partial charge in [-0.05, 0) is 32.9 Å². The third-order valence-electron chi connectivity index (χ3n) is 2.93. The van der Waals surface area contributed by atoms with Crippen LogP contribution in [0.4, 0.5) is 15.8 Å². The van der Waals surface area contributed by atoms with E-state index in [0.29, 0.717) is 6.07 Å². The Morgan fingerprint density at radius 2 is 1.90 bits per heavy atom. The molecule has 0 saturated heterocycles. The van der Waals surface area contributed by atoms with Crippen LogP contribution in [0.25, 0.3) is 0 Å². The first-order valence-corrected chi connectivity index (χ1v) is 7.65. The number of nitro groups is 1. The van der Waals surface area contributed by atoms with Crippen molar-refractivity contribution in [2.75, 3.05) is 5.32 Å². The Morgan fingerprint density at radius 1 is 1.33 bits per heavy atom. The number of sulfone groups is 1. The van der Waals surface area contributed by atoms with Crippen LogP contribution in [0.2, 0.25) is 0 Å². The van der Waals surface area contributed by atoms with Crippen LogP contribution in [0, 0.1) is 15.9 Å². The fourth-order valence-electron chi connectivity index (χ4n) is 1.55. The number of carbonyl (C=O) groups excluding carboxylic acids is 1. The number of nitro benzene ring substituents is 1. The maximum atomic E-state index is 13.0. The van der Waals surface area contributed by atoms with Crippen molar-refractivity contribution in [3.63, 3.8) is 0 Å². The van der Waals surface area contributed by atoms with Crippen molar-refractivity contribution in [1.29, 1.82) is 0 Å². The third kappa shape index (κ3) is 3.75. The summed E-state index contributed by atoms with van der Waals surface area (Å²) in [4.78, 5) is 21.9. The van der Waals surface area contributed by atoms with Crippen molar-refractivity contribution < 1.29 is 22.5 Å². The molecule has 1 N–H and O–H groups in total. The van der Waals surface area contributed by atoms with E-state index in [1.165, 1.54) is 20.8 Å². The standard InChI is InChI=1S/C12H15FN2O5S/c1-7(2)21(19,20)8(3)12(16)14-10-5-4-9(13)6-11(10)15(17)18/h4-8H,1-3H3,(H,14,16).